The first-order chi connectivity index (χ1) is 8.75. The molecule has 0 aliphatic rings. The molecule has 18 heavy (non-hydrogen) atoms. The molecule has 0 bridgehead atoms. The minimum Gasteiger partial charge on any atom is -0.478 e. The monoisotopic (exact) mass is 253 g/mol. The molecular formula is C12H19N3O3. The molecule has 1 aromatic rings. The molecule has 0 aliphatic carbocycles. The maximum atomic E-state index is 10.9. The van der Waals surface area contributed by atoms with Gasteiger partial charge in [-0.25, -0.2) is 14.8 Å². The van der Waals surface area contributed by atoms with Gasteiger partial charge in [0.25, 0.3) is 0 Å². The van der Waals surface area contributed by atoms with Crippen LogP contribution in [0.3, 0.4) is 0 Å². The van der Waals surface area contributed by atoms with Crippen molar-refractivity contribution in [2.45, 2.75) is 32.2 Å². The van der Waals surface area contributed by atoms with E-state index in [9.17, 15) is 4.79 Å². The summed E-state index contributed by atoms with van der Waals surface area (Å²) in [4.78, 5) is 18.6. The number of carboxylic acid groups (broad SMARTS) is 1. The van der Waals surface area contributed by atoms with Crippen LogP contribution < -0.4 is 5.32 Å². The number of hydrogen-bond acceptors (Lipinski definition) is 5. The van der Waals surface area contributed by atoms with Crippen molar-refractivity contribution in [1.29, 1.82) is 0 Å². The molecule has 0 spiro atoms. The number of nitrogens with zero attached hydrogens (tertiary/aromatic N) is 2. The SMILES string of the molecule is O=C(O)c1cncnc1CNCCCCCCO. The Morgan fingerprint density at radius 1 is 1.28 bits per heavy atom. The van der Waals surface area contributed by atoms with Gasteiger partial charge in [0.15, 0.2) is 0 Å². The number of hydrogen-bond donors (Lipinski definition) is 3. The number of carbonyl (C=O) groups is 1. The van der Waals surface area contributed by atoms with Crippen LogP contribution in [0.4, 0.5) is 0 Å². The molecule has 1 rings (SSSR count). The van der Waals surface area contributed by atoms with Crippen molar-refractivity contribution < 1.29 is 15.0 Å². The number of nitrogens with one attached hydrogen (secondary N) is 1. The molecule has 0 amide bonds. The van der Waals surface area contributed by atoms with Crippen LogP contribution in [0.25, 0.3) is 0 Å². The first-order valence-corrected chi connectivity index (χ1v) is 6.09. The fourth-order valence-corrected chi connectivity index (χ4v) is 1.60. The van der Waals surface area contributed by atoms with Crippen molar-refractivity contribution in [1.82, 2.24) is 15.3 Å². The molecule has 1 aromatic heterocycles. The van der Waals surface area contributed by atoms with E-state index in [-0.39, 0.29) is 12.2 Å². The van der Waals surface area contributed by atoms with Gasteiger partial charge in [-0.15, -0.1) is 0 Å². The normalized spacial score (nSPS) is 10.5. The molecule has 3 N–H and O–H groups in total. The molecule has 6 nitrogen and oxygen atoms in total. The number of aromatic carboxylic acids is 1. The lowest BCUT2D eigenvalue weighted by Crippen LogP contribution is -2.18. The average Bonchev–Trinajstić information content (AvgIpc) is 2.38. The summed E-state index contributed by atoms with van der Waals surface area (Å²) in [7, 11) is 0. The van der Waals surface area contributed by atoms with Crippen molar-refractivity contribution in [3.63, 3.8) is 0 Å². The van der Waals surface area contributed by atoms with Gasteiger partial charge in [-0.1, -0.05) is 12.8 Å². The Bertz CT molecular complexity index is 371. The Labute approximate surface area is 106 Å². The quantitative estimate of drug-likeness (QED) is 0.564. The summed E-state index contributed by atoms with van der Waals surface area (Å²) < 4.78 is 0. The average molecular weight is 253 g/mol. The molecule has 0 aromatic carbocycles. The van der Waals surface area contributed by atoms with Crippen LogP contribution in [0.15, 0.2) is 12.5 Å². The zero-order chi connectivity index (χ0) is 13.2. The zero-order valence-electron chi connectivity index (χ0n) is 10.3. The third-order valence-corrected chi connectivity index (χ3v) is 2.58. The molecule has 1 heterocycles. The number of aromatic nitrogens is 2. The summed E-state index contributed by atoms with van der Waals surface area (Å²) in [6.45, 7) is 1.50. The van der Waals surface area contributed by atoms with E-state index >= 15 is 0 Å². The number of aliphatic hydroxyl groups is 1. The van der Waals surface area contributed by atoms with Gasteiger partial charge in [0.2, 0.25) is 0 Å². The van der Waals surface area contributed by atoms with E-state index in [0.717, 1.165) is 32.2 Å². The number of rotatable bonds is 9. The van der Waals surface area contributed by atoms with Gasteiger partial charge in [0, 0.05) is 19.3 Å². The van der Waals surface area contributed by atoms with E-state index in [1.165, 1.54) is 12.5 Å². The summed E-state index contributed by atoms with van der Waals surface area (Å²) in [5.41, 5.74) is 0.651. The Kier molecular flexibility index (Phi) is 6.90. The molecule has 0 radical (unpaired) electrons. The lowest BCUT2D eigenvalue weighted by molar-refractivity contribution is 0.0694. The predicted octanol–water partition coefficient (Wildman–Crippen LogP) is 0.817. The second kappa shape index (κ2) is 8.54. The highest BCUT2D eigenvalue weighted by Crippen LogP contribution is 2.03. The second-order valence-corrected chi connectivity index (χ2v) is 4.00. The third kappa shape index (κ3) is 5.20. The summed E-state index contributed by atoms with van der Waals surface area (Å²) >= 11 is 0. The van der Waals surface area contributed by atoms with Crippen molar-refractivity contribution in [3.8, 4) is 0 Å². The minimum atomic E-state index is -1.00. The Balaban J connectivity index is 2.25. The molecule has 0 unspecified atom stereocenters. The molecule has 6 heteroatoms. The van der Waals surface area contributed by atoms with Crippen molar-refractivity contribution in [2.75, 3.05) is 13.2 Å². The van der Waals surface area contributed by atoms with E-state index in [1.807, 2.05) is 0 Å². The Morgan fingerprint density at radius 3 is 2.78 bits per heavy atom. The standard InChI is InChI=1S/C12H19N3O3/c16-6-4-2-1-3-5-13-8-11-10(12(17)18)7-14-9-15-11/h7,9,13,16H,1-6,8H2,(H,17,18). The topological polar surface area (TPSA) is 95.3 Å². The summed E-state index contributed by atoms with van der Waals surface area (Å²) in [6, 6.07) is 0. The maximum Gasteiger partial charge on any atom is 0.339 e. The highest BCUT2D eigenvalue weighted by molar-refractivity contribution is 5.88. The van der Waals surface area contributed by atoms with Crippen molar-refractivity contribution >= 4 is 5.97 Å². The third-order valence-electron chi connectivity index (χ3n) is 2.58. The highest BCUT2D eigenvalue weighted by Gasteiger charge is 2.10. The summed E-state index contributed by atoms with van der Waals surface area (Å²) in [5.74, 6) is -1.00. The molecule has 100 valence electrons. The number of carboxylic acids is 1. The van der Waals surface area contributed by atoms with Crippen LogP contribution in [0.1, 0.15) is 41.7 Å². The van der Waals surface area contributed by atoms with Crippen molar-refractivity contribution in [2.24, 2.45) is 0 Å². The molecule has 0 fully saturated rings. The molecule has 0 saturated carbocycles. The lowest BCUT2D eigenvalue weighted by atomic mass is 10.2. The summed E-state index contributed by atoms with van der Waals surface area (Å²) in [5, 5.41) is 20.7. The van der Waals surface area contributed by atoms with Crippen LogP contribution in [-0.4, -0.2) is 39.3 Å². The first-order valence-electron chi connectivity index (χ1n) is 6.09. The summed E-state index contributed by atoms with van der Waals surface area (Å²) in [6.07, 6.45) is 6.59. The largest absolute Gasteiger partial charge is 0.478 e. The second-order valence-electron chi connectivity index (χ2n) is 4.00. The van der Waals surface area contributed by atoms with Gasteiger partial charge in [-0.3, -0.25) is 0 Å². The van der Waals surface area contributed by atoms with E-state index in [4.69, 9.17) is 10.2 Å². The van der Waals surface area contributed by atoms with Gasteiger partial charge < -0.3 is 15.5 Å². The minimum absolute atomic E-state index is 0.144. The Morgan fingerprint density at radius 2 is 2.06 bits per heavy atom. The first kappa shape index (κ1) is 14.5. The highest BCUT2D eigenvalue weighted by atomic mass is 16.4. The van der Waals surface area contributed by atoms with E-state index in [2.05, 4.69) is 15.3 Å². The molecule has 0 saturated heterocycles. The van der Waals surface area contributed by atoms with Crippen molar-refractivity contribution in [3.05, 3.63) is 23.8 Å². The van der Waals surface area contributed by atoms with Crippen LogP contribution in [0, 0.1) is 0 Å². The van der Waals surface area contributed by atoms with Gasteiger partial charge >= 0.3 is 5.97 Å². The number of aliphatic hydroxyl groups excluding tert-OH is 1. The van der Waals surface area contributed by atoms with Crippen LogP contribution in [-0.2, 0) is 6.54 Å². The lowest BCUT2D eigenvalue weighted by Gasteiger charge is -2.06. The van der Waals surface area contributed by atoms with Gasteiger partial charge in [-0.2, -0.15) is 0 Å². The van der Waals surface area contributed by atoms with Gasteiger partial charge in [0.1, 0.15) is 11.9 Å². The molecule has 0 atom stereocenters. The van der Waals surface area contributed by atoms with Crippen LogP contribution in [0.2, 0.25) is 0 Å². The van der Waals surface area contributed by atoms with E-state index < -0.39 is 5.97 Å². The maximum absolute atomic E-state index is 10.9. The fourth-order valence-electron chi connectivity index (χ4n) is 1.60. The smallest absolute Gasteiger partial charge is 0.339 e. The fraction of sp³-hybridized carbons (Fsp3) is 0.583. The zero-order valence-corrected chi connectivity index (χ0v) is 10.3. The van der Waals surface area contributed by atoms with E-state index in [1.54, 1.807) is 0 Å². The number of unbranched alkanes of at least 4 members (excludes halogenated alkanes) is 3. The van der Waals surface area contributed by atoms with Gasteiger partial charge in [0.05, 0.1) is 5.69 Å². The predicted molar refractivity (Wildman–Crippen MR) is 66.3 cm³/mol. The Hall–Kier alpha value is -1.53. The van der Waals surface area contributed by atoms with Crippen LogP contribution >= 0.6 is 0 Å². The van der Waals surface area contributed by atoms with E-state index in [0.29, 0.717) is 12.2 Å². The molecule has 0 aliphatic heterocycles. The van der Waals surface area contributed by atoms with Crippen LogP contribution in [0.5, 0.6) is 0 Å². The van der Waals surface area contributed by atoms with Gasteiger partial charge in [-0.05, 0) is 19.4 Å². The molecular weight excluding hydrogens is 234 g/mol.